The van der Waals surface area contributed by atoms with Crippen LogP contribution in [-0.4, -0.2) is 11.1 Å². The number of amides is 1. The second-order valence-electron chi connectivity index (χ2n) is 7.63. The Morgan fingerprint density at radius 1 is 1.04 bits per heavy atom. The number of carbonyl (C=O) groups excluding carboxylic acids is 1. The molecule has 0 saturated heterocycles. The van der Waals surface area contributed by atoms with Crippen LogP contribution in [0.1, 0.15) is 43.7 Å². The lowest BCUT2D eigenvalue weighted by molar-refractivity contribution is -0.117. The van der Waals surface area contributed by atoms with Gasteiger partial charge < -0.3 is 15.2 Å². The number of nitrogens with zero attached hydrogens (tertiary/aromatic N) is 1. The van der Waals surface area contributed by atoms with Crippen molar-refractivity contribution >= 4 is 17.4 Å². The molecule has 140 valence electrons. The Balaban J connectivity index is 1.83. The van der Waals surface area contributed by atoms with Crippen LogP contribution in [0.4, 0.5) is 11.5 Å². The van der Waals surface area contributed by atoms with Gasteiger partial charge in [-0.3, -0.25) is 4.79 Å². The van der Waals surface area contributed by atoms with Gasteiger partial charge in [-0.05, 0) is 35.6 Å². The molecule has 0 aliphatic rings. The van der Waals surface area contributed by atoms with Crippen molar-refractivity contribution in [2.75, 3.05) is 10.6 Å². The van der Waals surface area contributed by atoms with Crippen molar-refractivity contribution in [3.8, 4) is 0 Å². The quantitative estimate of drug-likeness (QED) is 0.664. The van der Waals surface area contributed by atoms with E-state index in [2.05, 4.69) is 48.7 Å². The monoisotopic (exact) mass is 363 g/mol. The van der Waals surface area contributed by atoms with Gasteiger partial charge in [0.15, 0.2) is 5.82 Å². The summed E-state index contributed by atoms with van der Waals surface area (Å²) in [6.45, 7) is 8.31. The third kappa shape index (κ3) is 4.76. The topological polar surface area (TPSA) is 67.2 Å². The SMILES string of the molecule is Cc1cc(NC(=O)C(Nc2ccc(C(C)(C)C)cc2)c2ccccc2)no1. The first-order valence-electron chi connectivity index (χ1n) is 8.99. The van der Waals surface area contributed by atoms with Crippen LogP contribution >= 0.6 is 0 Å². The Hall–Kier alpha value is -3.08. The lowest BCUT2D eigenvalue weighted by Crippen LogP contribution is -2.27. The average Bonchev–Trinajstić information content (AvgIpc) is 3.04. The molecular weight excluding hydrogens is 338 g/mol. The van der Waals surface area contributed by atoms with Crippen molar-refractivity contribution in [3.63, 3.8) is 0 Å². The van der Waals surface area contributed by atoms with E-state index in [0.29, 0.717) is 11.6 Å². The standard InChI is InChI=1S/C22H25N3O2/c1-15-14-19(25-27-15)24-21(26)20(16-8-6-5-7-9-16)23-18-12-10-17(11-13-18)22(2,3)4/h5-14,20,23H,1-4H3,(H,24,25,26). The van der Waals surface area contributed by atoms with Gasteiger partial charge in [0.05, 0.1) is 0 Å². The zero-order valence-corrected chi connectivity index (χ0v) is 16.1. The van der Waals surface area contributed by atoms with Crippen LogP contribution < -0.4 is 10.6 Å². The Labute approximate surface area is 159 Å². The van der Waals surface area contributed by atoms with Gasteiger partial charge in [-0.15, -0.1) is 0 Å². The molecule has 0 radical (unpaired) electrons. The summed E-state index contributed by atoms with van der Waals surface area (Å²) >= 11 is 0. The van der Waals surface area contributed by atoms with Gasteiger partial charge in [0.25, 0.3) is 5.91 Å². The summed E-state index contributed by atoms with van der Waals surface area (Å²) in [4.78, 5) is 12.9. The summed E-state index contributed by atoms with van der Waals surface area (Å²) < 4.78 is 5.03. The molecule has 0 saturated carbocycles. The van der Waals surface area contributed by atoms with Crippen LogP contribution in [0, 0.1) is 6.92 Å². The van der Waals surface area contributed by atoms with E-state index in [9.17, 15) is 4.79 Å². The van der Waals surface area contributed by atoms with E-state index in [0.717, 1.165) is 11.3 Å². The number of hydrogen-bond acceptors (Lipinski definition) is 4. The molecule has 1 unspecified atom stereocenters. The van der Waals surface area contributed by atoms with E-state index in [-0.39, 0.29) is 11.3 Å². The van der Waals surface area contributed by atoms with Crippen molar-refractivity contribution in [1.82, 2.24) is 5.16 Å². The normalized spacial score (nSPS) is 12.4. The molecule has 1 aromatic heterocycles. The molecule has 27 heavy (non-hydrogen) atoms. The van der Waals surface area contributed by atoms with E-state index in [1.54, 1.807) is 13.0 Å². The van der Waals surface area contributed by atoms with Crippen molar-refractivity contribution in [2.45, 2.75) is 39.2 Å². The van der Waals surface area contributed by atoms with E-state index < -0.39 is 6.04 Å². The molecule has 0 bridgehead atoms. The third-order valence-electron chi connectivity index (χ3n) is 4.34. The highest BCUT2D eigenvalue weighted by Gasteiger charge is 2.22. The molecule has 5 nitrogen and oxygen atoms in total. The van der Waals surface area contributed by atoms with Crippen LogP contribution in [0.3, 0.4) is 0 Å². The van der Waals surface area contributed by atoms with Gasteiger partial charge in [-0.1, -0.05) is 68.4 Å². The number of rotatable bonds is 5. The van der Waals surface area contributed by atoms with Crippen molar-refractivity contribution in [2.24, 2.45) is 0 Å². The highest BCUT2D eigenvalue weighted by molar-refractivity contribution is 5.96. The summed E-state index contributed by atoms with van der Waals surface area (Å²) in [5, 5.41) is 9.98. The molecule has 1 atom stereocenters. The van der Waals surface area contributed by atoms with Crippen LogP contribution in [0.15, 0.2) is 65.2 Å². The van der Waals surface area contributed by atoms with Gasteiger partial charge in [-0.25, -0.2) is 0 Å². The average molecular weight is 363 g/mol. The number of anilines is 2. The molecule has 3 rings (SSSR count). The minimum absolute atomic E-state index is 0.0829. The lowest BCUT2D eigenvalue weighted by atomic mass is 9.87. The van der Waals surface area contributed by atoms with Crippen LogP contribution in [0.2, 0.25) is 0 Å². The van der Waals surface area contributed by atoms with Gasteiger partial charge in [0, 0.05) is 11.8 Å². The second kappa shape index (κ2) is 7.66. The van der Waals surface area contributed by atoms with Gasteiger partial charge in [0.2, 0.25) is 0 Å². The van der Waals surface area contributed by atoms with Crippen molar-refractivity contribution in [1.29, 1.82) is 0 Å². The minimum atomic E-state index is -0.552. The molecule has 1 heterocycles. The molecule has 0 aliphatic carbocycles. The number of carbonyl (C=O) groups is 1. The van der Waals surface area contributed by atoms with Gasteiger partial charge >= 0.3 is 0 Å². The van der Waals surface area contributed by atoms with Crippen molar-refractivity contribution < 1.29 is 9.32 Å². The number of aromatic nitrogens is 1. The zero-order valence-electron chi connectivity index (χ0n) is 16.1. The lowest BCUT2D eigenvalue weighted by Gasteiger charge is -2.22. The second-order valence-corrected chi connectivity index (χ2v) is 7.63. The summed E-state index contributed by atoms with van der Waals surface area (Å²) in [5.41, 5.74) is 3.07. The van der Waals surface area contributed by atoms with Crippen LogP contribution in [0.5, 0.6) is 0 Å². The van der Waals surface area contributed by atoms with E-state index >= 15 is 0 Å². The Kier molecular flexibility index (Phi) is 5.31. The summed E-state index contributed by atoms with van der Waals surface area (Å²) in [5.74, 6) is 0.852. The maximum Gasteiger partial charge on any atom is 0.252 e. The fraction of sp³-hybridized carbons (Fsp3) is 0.273. The third-order valence-corrected chi connectivity index (χ3v) is 4.34. The number of aryl methyl sites for hydroxylation is 1. The molecule has 2 N–H and O–H groups in total. The first-order chi connectivity index (χ1) is 12.8. The fourth-order valence-electron chi connectivity index (χ4n) is 2.80. The predicted octanol–water partition coefficient (Wildman–Crippen LogP) is 5.07. The minimum Gasteiger partial charge on any atom is -0.370 e. The summed E-state index contributed by atoms with van der Waals surface area (Å²) in [6.07, 6.45) is 0. The molecule has 0 spiro atoms. The van der Waals surface area contributed by atoms with Gasteiger partial charge in [-0.2, -0.15) is 0 Å². The first-order valence-corrected chi connectivity index (χ1v) is 8.99. The van der Waals surface area contributed by atoms with Crippen molar-refractivity contribution in [3.05, 3.63) is 77.6 Å². The molecule has 5 heteroatoms. The maximum absolute atomic E-state index is 12.9. The molecule has 2 aromatic carbocycles. The maximum atomic E-state index is 12.9. The van der Waals surface area contributed by atoms with Crippen LogP contribution in [0.25, 0.3) is 0 Å². The highest BCUT2D eigenvalue weighted by Crippen LogP contribution is 2.26. The van der Waals surface area contributed by atoms with E-state index in [4.69, 9.17) is 4.52 Å². The summed E-state index contributed by atoms with van der Waals surface area (Å²) in [7, 11) is 0. The molecule has 0 fully saturated rings. The zero-order chi connectivity index (χ0) is 19.4. The van der Waals surface area contributed by atoms with E-state index in [1.807, 2.05) is 42.5 Å². The number of benzene rings is 2. The Bertz CT molecular complexity index is 893. The number of hydrogen-bond donors (Lipinski definition) is 2. The largest absolute Gasteiger partial charge is 0.370 e. The molecule has 0 aliphatic heterocycles. The fourth-order valence-corrected chi connectivity index (χ4v) is 2.80. The van der Waals surface area contributed by atoms with Gasteiger partial charge in [0.1, 0.15) is 11.8 Å². The molecular formula is C22H25N3O2. The summed E-state index contributed by atoms with van der Waals surface area (Å²) in [6, 6.07) is 18.9. The Morgan fingerprint density at radius 2 is 1.70 bits per heavy atom. The highest BCUT2D eigenvalue weighted by atomic mass is 16.5. The smallest absolute Gasteiger partial charge is 0.252 e. The number of nitrogens with one attached hydrogen (secondary N) is 2. The predicted molar refractivity (Wildman–Crippen MR) is 108 cm³/mol. The van der Waals surface area contributed by atoms with Crippen LogP contribution in [-0.2, 0) is 10.2 Å². The molecule has 3 aromatic rings. The first kappa shape index (κ1) is 18.7. The van der Waals surface area contributed by atoms with E-state index in [1.165, 1.54) is 5.56 Å². The molecule has 1 amide bonds. The Morgan fingerprint density at radius 3 is 2.26 bits per heavy atom.